The Kier molecular flexibility index (Phi) is 16.0. The van der Waals surface area contributed by atoms with Crippen molar-refractivity contribution in [3.8, 4) is 17.7 Å². The molecule has 0 aromatic heterocycles. The summed E-state index contributed by atoms with van der Waals surface area (Å²) in [5, 5.41) is 8.77. The molecule has 0 aliphatic carbocycles. The summed E-state index contributed by atoms with van der Waals surface area (Å²) < 4.78 is 51.9. The molecule has 0 saturated carbocycles. The number of hydrogen-bond donors (Lipinski definition) is 1. The average molecular weight is 578 g/mol. The summed E-state index contributed by atoms with van der Waals surface area (Å²) in [6.07, 6.45) is -2.79. The number of ether oxygens (including phenoxy) is 3. The molecule has 1 rings (SSSR count). The number of allylic oxidation sites excluding steroid dienone is 1. The van der Waals surface area contributed by atoms with Crippen molar-refractivity contribution in [3.05, 3.63) is 11.8 Å². The van der Waals surface area contributed by atoms with Gasteiger partial charge in [-0.2, -0.15) is 5.26 Å². The molecular weight excluding hydrogens is 540 g/mol. The minimum absolute atomic E-state index is 0.0330. The first kappa shape index (κ1) is 34.3. The smallest absolute Gasteiger partial charge is 0.382 e. The molecule has 0 spiro atoms. The maximum atomic E-state index is 13.0. The Bertz CT molecular complexity index is 951. The van der Waals surface area contributed by atoms with Crippen molar-refractivity contribution in [2.45, 2.75) is 65.6 Å². The second-order valence-electron chi connectivity index (χ2n) is 7.76. The minimum Gasteiger partial charge on any atom is -0.382 e. The molecule has 0 aromatic rings. The van der Waals surface area contributed by atoms with Crippen LogP contribution in [0.25, 0.3) is 0 Å². The number of amides is 1. The van der Waals surface area contributed by atoms with Gasteiger partial charge in [-0.25, -0.2) is 4.57 Å². The van der Waals surface area contributed by atoms with Crippen molar-refractivity contribution < 1.29 is 46.5 Å². The topological polar surface area (TPSA) is 169 Å². The maximum Gasteiger partial charge on any atom is 0.405 e. The van der Waals surface area contributed by atoms with E-state index in [1.807, 2.05) is 6.07 Å². The molecule has 13 nitrogen and oxygen atoms in total. The molecule has 1 fully saturated rings. The van der Waals surface area contributed by atoms with Gasteiger partial charge in [-0.05, 0) is 27.7 Å². The van der Waals surface area contributed by atoms with Crippen molar-refractivity contribution in [1.82, 2.24) is 4.90 Å². The molecule has 0 bridgehead atoms. The highest BCUT2D eigenvalue weighted by Crippen LogP contribution is 2.47. The van der Waals surface area contributed by atoms with E-state index in [0.717, 1.165) is 0 Å². The van der Waals surface area contributed by atoms with E-state index < -0.39 is 46.6 Å². The molecule has 214 valence electrons. The number of rotatable bonds is 16. The van der Waals surface area contributed by atoms with Crippen LogP contribution in [-0.4, -0.2) is 81.3 Å². The Balaban J connectivity index is 3.53. The lowest BCUT2D eigenvalue weighted by Crippen LogP contribution is -2.46. The van der Waals surface area contributed by atoms with Gasteiger partial charge in [0.05, 0.1) is 45.5 Å². The fourth-order valence-corrected chi connectivity index (χ4v) is 5.07. The van der Waals surface area contributed by atoms with Gasteiger partial charge in [0.25, 0.3) is 8.53 Å². The van der Waals surface area contributed by atoms with Crippen LogP contribution < -0.4 is 5.50 Å². The quantitative estimate of drug-likeness (QED) is 0.123. The van der Waals surface area contributed by atoms with Crippen LogP contribution >= 0.6 is 16.1 Å². The molecule has 1 unspecified atom stereocenters. The van der Waals surface area contributed by atoms with Gasteiger partial charge < -0.3 is 23.3 Å². The molecule has 38 heavy (non-hydrogen) atoms. The molecule has 0 radical (unpaired) electrons. The Labute approximate surface area is 225 Å². The number of Topliss-reactive ketones (excluding diaryl/α,β-unsaturated/α-hetero) is 1. The molecular formula is C23H37N3O10P2. The van der Waals surface area contributed by atoms with Crippen LogP contribution in [0.5, 0.6) is 0 Å². The average Bonchev–Trinajstić information content (AvgIpc) is 3.18. The minimum atomic E-state index is -3.79. The third-order valence-corrected chi connectivity index (χ3v) is 7.40. The van der Waals surface area contributed by atoms with Gasteiger partial charge in [-0.1, -0.05) is 5.92 Å². The van der Waals surface area contributed by atoms with Crippen molar-refractivity contribution in [2.24, 2.45) is 5.50 Å². The molecule has 1 saturated heterocycles. The van der Waals surface area contributed by atoms with Crippen LogP contribution in [0.3, 0.4) is 0 Å². The number of ketones is 1. The number of methoxy groups -OCH3 is 1. The van der Waals surface area contributed by atoms with Gasteiger partial charge in [0.1, 0.15) is 12.2 Å². The fourth-order valence-electron chi connectivity index (χ4n) is 3.10. The van der Waals surface area contributed by atoms with E-state index in [4.69, 9.17) is 43.1 Å². The molecule has 1 aliphatic rings. The number of hydrogen-bond acceptors (Lipinski definition) is 12. The van der Waals surface area contributed by atoms with Gasteiger partial charge in [0.2, 0.25) is 5.91 Å². The molecule has 1 aliphatic heterocycles. The summed E-state index contributed by atoms with van der Waals surface area (Å²) in [7, 11) is -4.31. The van der Waals surface area contributed by atoms with Crippen LogP contribution in [0.15, 0.2) is 11.8 Å². The number of nitrogens with zero attached hydrogens (tertiary/aromatic N) is 2. The van der Waals surface area contributed by atoms with Crippen molar-refractivity contribution in [1.29, 1.82) is 5.26 Å². The first-order valence-electron chi connectivity index (χ1n) is 11.9. The van der Waals surface area contributed by atoms with Crippen LogP contribution in [0, 0.1) is 22.9 Å². The van der Waals surface area contributed by atoms with Crippen LogP contribution in [0.1, 0.15) is 41.0 Å². The Morgan fingerprint density at radius 1 is 1.13 bits per heavy atom. The zero-order chi connectivity index (χ0) is 28.7. The summed E-state index contributed by atoms with van der Waals surface area (Å²) >= 11 is 0. The summed E-state index contributed by atoms with van der Waals surface area (Å²) in [4.78, 5) is 25.7. The monoisotopic (exact) mass is 577 g/mol. The maximum absolute atomic E-state index is 13.0. The van der Waals surface area contributed by atoms with Gasteiger partial charge in [-0.3, -0.25) is 29.0 Å². The van der Waals surface area contributed by atoms with Gasteiger partial charge in [0.15, 0.2) is 18.1 Å². The van der Waals surface area contributed by atoms with Crippen LogP contribution in [0.4, 0.5) is 0 Å². The predicted molar refractivity (Wildman–Crippen MR) is 138 cm³/mol. The SMILES string of the molecule is CCOP(=O)(C#C[C@H]1O[C@@H](N(/C=C(/C)C(C)=O)C(C)=O)[C@H](OCCOC)[C@@H]1OP(N)OCCC#N)OCC. The second-order valence-corrected chi connectivity index (χ2v) is 10.5. The summed E-state index contributed by atoms with van der Waals surface area (Å²) in [5.41, 5.74) is 8.85. The van der Waals surface area contributed by atoms with Crippen molar-refractivity contribution in [3.63, 3.8) is 0 Å². The zero-order valence-corrected chi connectivity index (χ0v) is 24.4. The van der Waals surface area contributed by atoms with E-state index in [2.05, 4.69) is 11.6 Å². The highest BCUT2D eigenvalue weighted by molar-refractivity contribution is 7.59. The lowest BCUT2D eigenvalue weighted by molar-refractivity contribution is -0.145. The highest BCUT2D eigenvalue weighted by Gasteiger charge is 2.50. The molecule has 1 amide bonds. The number of nitriles is 1. The van der Waals surface area contributed by atoms with E-state index in [1.54, 1.807) is 20.8 Å². The predicted octanol–water partition coefficient (Wildman–Crippen LogP) is 2.81. The van der Waals surface area contributed by atoms with E-state index in [0.29, 0.717) is 5.57 Å². The Hall–Kier alpha value is -1.73. The molecule has 15 heteroatoms. The Morgan fingerprint density at radius 2 is 1.79 bits per heavy atom. The third-order valence-electron chi connectivity index (χ3n) is 4.91. The molecule has 1 heterocycles. The lowest BCUT2D eigenvalue weighted by Gasteiger charge is -2.30. The lowest BCUT2D eigenvalue weighted by atomic mass is 10.1. The van der Waals surface area contributed by atoms with Crippen LogP contribution in [-0.2, 0) is 46.5 Å². The fraction of sp³-hybridized carbons (Fsp3) is 0.696. The Morgan fingerprint density at radius 3 is 2.32 bits per heavy atom. The summed E-state index contributed by atoms with van der Waals surface area (Å²) in [6, 6.07) is 1.94. The van der Waals surface area contributed by atoms with E-state index in [1.165, 1.54) is 32.1 Å². The van der Waals surface area contributed by atoms with Crippen LogP contribution in [0.2, 0.25) is 0 Å². The first-order valence-corrected chi connectivity index (χ1v) is 14.7. The van der Waals surface area contributed by atoms with E-state index in [9.17, 15) is 14.2 Å². The molecule has 0 aromatic carbocycles. The van der Waals surface area contributed by atoms with Gasteiger partial charge in [0, 0.05) is 31.5 Å². The highest BCUT2D eigenvalue weighted by atomic mass is 31.2. The van der Waals surface area contributed by atoms with E-state index >= 15 is 0 Å². The summed E-state index contributed by atoms with van der Waals surface area (Å²) in [5.74, 6) is 2.04. The van der Waals surface area contributed by atoms with E-state index in [-0.39, 0.29) is 45.2 Å². The first-order chi connectivity index (χ1) is 18.0. The molecule has 2 N–H and O–H groups in total. The number of carbonyl (C=O) groups excluding carboxylic acids is 2. The normalized spacial score (nSPS) is 22.3. The zero-order valence-electron chi connectivity index (χ0n) is 22.6. The van der Waals surface area contributed by atoms with Crippen molar-refractivity contribution in [2.75, 3.05) is 40.1 Å². The van der Waals surface area contributed by atoms with Gasteiger partial charge in [-0.15, -0.1) is 0 Å². The number of carbonyl (C=O) groups is 2. The summed E-state index contributed by atoms with van der Waals surface area (Å²) in [6.45, 7) is 8.05. The largest absolute Gasteiger partial charge is 0.405 e. The third kappa shape index (κ3) is 11.2. The van der Waals surface area contributed by atoms with Crippen molar-refractivity contribution >= 4 is 27.8 Å². The second kappa shape index (κ2) is 17.8. The standard InChI is InChI=1S/C23H37N3O10P2/c1-7-33-38(29,34-8-2)15-10-20-21(36-37(25)32-12-9-11-24)22(31-14-13-30-6)23(35-20)26(19(5)28)16-17(3)18(4)27/h16,20-23H,7-9,12-14,25H2,1-6H3/b17-16-/t20-,21-,22-,23-,37?/m1/s1. The number of nitrogens with two attached hydrogens (primary N) is 1. The molecule has 5 atom stereocenters. The van der Waals surface area contributed by atoms with Gasteiger partial charge >= 0.3 is 7.60 Å².